The van der Waals surface area contributed by atoms with Gasteiger partial charge in [-0.1, -0.05) is 45.6 Å². The van der Waals surface area contributed by atoms with Crippen molar-refractivity contribution in [3.63, 3.8) is 0 Å². The van der Waals surface area contributed by atoms with Gasteiger partial charge in [0.25, 0.3) is 0 Å². The zero-order valence-corrected chi connectivity index (χ0v) is 18.2. The molecule has 2 rings (SSSR count). The van der Waals surface area contributed by atoms with Gasteiger partial charge in [-0.05, 0) is 43.0 Å². The van der Waals surface area contributed by atoms with Crippen LogP contribution in [0, 0.1) is 5.92 Å². The number of ether oxygens (including phenoxy) is 1. The predicted octanol–water partition coefficient (Wildman–Crippen LogP) is 5.38. The lowest BCUT2D eigenvalue weighted by Gasteiger charge is -2.57. The zero-order chi connectivity index (χ0) is 17.0. The van der Waals surface area contributed by atoms with Crippen LogP contribution in [0.25, 0.3) is 0 Å². The van der Waals surface area contributed by atoms with Crippen molar-refractivity contribution in [3.05, 3.63) is 10.8 Å². The summed E-state index contributed by atoms with van der Waals surface area (Å²) in [6.45, 7) is 20.0. The fourth-order valence-corrected chi connectivity index (χ4v) is 8.38. The second-order valence-electron chi connectivity index (χ2n) is 9.77. The highest BCUT2D eigenvalue weighted by Gasteiger charge is 2.61. The van der Waals surface area contributed by atoms with E-state index in [9.17, 15) is 0 Å². The van der Waals surface area contributed by atoms with Gasteiger partial charge in [-0.2, -0.15) is 0 Å². The van der Waals surface area contributed by atoms with Crippen LogP contribution < -0.4 is 0 Å². The fraction of sp³-hybridized carbons (Fsp3) is 0.889. The van der Waals surface area contributed by atoms with Gasteiger partial charge >= 0.3 is 0 Å². The molecule has 2 unspecified atom stereocenters. The maximum atomic E-state index is 7.06. The lowest BCUT2D eigenvalue weighted by Crippen LogP contribution is -2.61. The van der Waals surface area contributed by atoms with Gasteiger partial charge in [-0.25, -0.2) is 0 Å². The van der Waals surface area contributed by atoms with Crippen molar-refractivity contribution in [2.45, 2.75) is 83.4 Å². The zero-order valence-electron chi connectivity index (χ0n) is 16.2. The molecule has 128 valence electrons. The van der Waals surface area contributed by atoms with Gasteiger partial charge < -0.3 is 9.16 Å². The summed E-state index contributed by atoms with van der Waals surface area (Å²) in [5, 5.41) is 2.02. The Morgan fingerprint density at radius 2 is 1.73 bits per heavy atom. The molecule has 1 saturated carbocycles. The Kier molecular flexibility index (Phi) is 4.67. The summed E-state index contributed by atoms with van der Waals surface area (Å²) in [5.41, 5.74) is 1.55. The van der Waals surface area contributed by atoms with Crippen LogP contribution in [0.15, 0.2) is 10.8 Å². The van der Waals surface area contributed by atoms with Gasteiger partial charge in [0.1, 0.15) is 0 Å². The maximum absolute atomic E-state index is 7.06. The van der Waals surface area contributed by atoms with E-state index >= 15 is 0 Å². The third kappa shape index (κ3) is 2.81. The highest BCUT2D eigenvalue weighted by molar-refractivity contribution is 6.83. The number of methoxy groups -OCH3 is 1. The molecular formula is C18H36O2Si2. The van der Waals surface area contributed by atoms with Crippen molar-refractivity contribution in [1.82, 2.24) is 0 Å². The minimum absolute atomic E-state index is 0.0224. The SMILES string of the molecule is COCC1=C([Si](C)(C)C)C2CCCC12O[Si](C)(C)C(C)(C)C. The van der Waals surface area contributed by atoms with Crippen molar-refractivity contribution in [2.75, 3.05) is 13.7 Å². The normalized spacial score (nSPS) is 29.6. The molecule has 0 aliphatic heterocycles. The number of hydrogen-bond acceptors (Lipinski definition) is 2. The Morgan fingerprint density at radius 1 is 1.14 bits per heavy atom. The molecule has 0 heterocycles. The highest BCUT2D eigenvalue weighted by Crippen LogP contribution is 2.61. The van der Waals surface area contributed by atoms with Crippen LogP contribution in [0.5, 0.6) is 0 Å². The topological polar surface area (TPSA) is 18.5 Å². The summed E-state index contributed by atoms with van der Waals surface area (Å²) >= 11 is 0. The minimum atomic E-state index is -1.77. The van der Waals surface area contributed by atoms with Crippen LogP contribution in [0.2, 0.25) is 37.8 Å². The van der Waals surface area contributed by atoms with E-state index in [2.05, 4.69) is 53.5 Å². The van der Waals surface area contributed by atoms with E-state index in [1.165, 1.54) is 24.8 Å². The van der Waals surface area contributed by atoms with Gasteiger partial charge in [-0.3, -0.25) is 0 Å². The van der Waals surface area contributed by atoms with Crippen LogP contribution >= 0.6 is 0 Å². The summed E-state index contributed by atoms with van der Waals surface area (Å²) in [6, 6.07) is 0. The number of fused-ring (bicyclic) bond motifs is 1. The lowest BCUT2D eigenvalue weighted by atomic mass is 9.72. The molecule has 0 N–H and O–H groups in total. The molecule has 0 aromatic rings. The molecule has 0 saturated heterocycles. The molecular weight excluding hydrogens is 304 g/mol. The van der Waals surface area contributed by atoms with Gasteiger partial charge in [-0.15, -0.1) is 0 Å². The van der Waals surface area contributed by atoms with Gasteiger partial charge in [0.05, 0.1) is 20.3 Å². The molecule has 2 atom stereocenters. The molecule has 4 heteroatoms. The largest absolute Gasteiger partial charge is 0.407 e. The van der Waals surface area contributed by atoms with E-state index in [1.54, 1.807) is 5.20 Å². The third-order valence-corrected chi connectivity index (χ3v) is 12.9. The Morgan fingerprint density at radius 3 is 2.18 bits per heavy atom. The molecule has 0 amide bonds. The van der Waals surface area contributed by atoms with E-state index in [0.717, 1.165) is 6.61 Å². The first-order valence-corrected chi connectivity index (χ1v) is 15.2. The summed E-state index contributed by atoms with van der Waals surface area (Å²) < 4.78 is 12.7. The van der Waals surface area contributed by atoms with E-state index in [4.69, 9.17) is 9.16 Å². The van der Waals surface area contributed by atoms with Crippen LogP contribution in [0.3, 0.4) is 0 Å². The number of hydrogen-bond donors (Lipinski definition) is 0. The molecule has 22 heavy (non-hydrogen) atoms. The standard InChI is InChI=1S/C18H36O2Si2/c1-17(2,3)22(8,9)20-18-12-10-11-14(18)16(21(5,6)7)15(18)13-19-4/h14H,10-13H2,1-9H3. The molecule has 0 spiro atoms. The summed E-state index contributed by atoms with van der Waals surface area (Å²) in [5.74, 6) is 0.679. The maximum Gasteiger partial charge on any atom is 0.193 e. The fourth-order valence-electron chi connectivity index (χ4n) is 4.19. The minimum Gasteiger partial charge on any atom is -0.407 e. The monoisotopic (exact) mass is 340 g/mol. The van der Waals surface area contributed by atoms with Crippen molar-refractivity contribution >= 4 is 16.4 Å². The van der Waals surface area contributed by atoms with E-state index in [0.29, 0.717) is 5.92 Å². The Bertz CT molecular complexity index is 468. The van der Waals surface area contributed by atoms with Gasteiger partial charge in [0.2, 0.25) is 0 Å². The second-order valence-corrected chi connectivity index (χ2v) is 19.5. The van der Waals surface area contributed by atoms with E-state index in [-0.39, 0.29) is 10.6 Å². The van der Waals surface area contributed by atoms with Gasteiger partial charge in [0.15, 0.2) is 8.32 Å². The van der Waals surface area contributed by atoms with Crippen molar-refractivity contribution < 1.29 is 9.16 Å². The van der Waals surface area contributed by atoms with Crippen molar-refractivity contribution in [3.8, 4) is 0 Å². The lowest BCUT2D eigenvalue weighted by molar-refractivity contribution is 0.0236. The molecule has 0 bridgehead atoms. The quantitative estimate of drug-likeness (QED) is 0.625. The van der Waals surface area contributed by atoms with Gasteiger partial charge in [0, 0.05) is 13.0 Å². The van der Waals surface area contributed by atoms with E-state index in [1.807, 2.05) is 7.11 Å². The second kappa shape index (κ2) is 5.57. The number of rotatable bonds is 5. The van der Waals surface area contributed by atoms with Crippen LogP contribution in [0.4, 0.5) is 0 Å². The average Bonchev–Trinajstić information content (AvgIpc) is 2.62. The van der Waals surface area contributed by atoms with Crippen LogP contribution in [-0.4, -0.2) is 35.7 Å². The van der Waals surface area contributed by atoms with Crippen molar-refractivity contribution in [1.29, 1.82) is 0 Å². The third-order valence-electron chi connectivity index (χ3n) is 6.13. The molecule has 1 fully saturated rings. The predicted molar refractivity (Wildman–Crippen MR) is 101 cm³/mol. The van der Waals surface area contributed by atoms with Crippen LogP contribution in [-0.2, 0) is 9.16 Å². The first-order valence-electron chi connectivity index (χ1n) is 8.80. The Labute approximate surface area is 139 Å². The summed E-state index contributed by atoms with van der Waals surface area (Å²) in [6.07, 6.45) is 3.83. The molecule has 2 aliphatic rings. The Balaban J connectivity index is 2.42. The summed E-state index contributed by atoms with van der Waals surface area (Å²) in [7, 11) is -1.23. The molecule has 2 aliphatic carbocycles. The highest BCUT2D eigenvalue weighted by atomic mass is 28.4. The van der Waals surface area contributed by atoms with E-state index < -0.39 is 16.4 Å². The molecule has 0 aromatic carbocycles. The smallest absolute Gasteiger partial charge is 0.193 e. The van der Waals surface area contributed by atoms with Crippen molar-refractivity contribution in [2.24, 2.45) is 5.92 Å². The van der Waals surface area contributed by atoms with Crippen LogP contribution in [0.1, 0.15) is 40.0 Å². The molecule has 2 nitrogen and oxygen atoms in total. The summed E-state index contributed by atoms with van der Waals surface area (Å²) in [4.78, 5) is 0. The molecule has 0 aromatic heterocycles. The molecule has 0 radical (unpaired) electrons. The average molecular weight is 341 g/mol. The Hall–Kier alpha value is 0.0938. The first-order chi connectivity index (χ1) is 9.87. The first kappa shape index (κ1) is 18.4.